The molecule has 1 aliphatic carbocycles. The molecule has 1 heterocycles. The van der Waals surface area contributed by atoms with Gasteiger partial charge in [0.1, 0.15) is 6.20 Å². The van der Waals surface area contributed by atoms with E-state index in [2.05, 4.69) is 4.98 Å². The van der Waals surface area contributed by atoms with Gasteiger partial charge >= 0.3 is 6.18 Å². The number of allylic oxidation sites excluding steroid dienone is 2. The molecule has 2 rings (SSSR count). The highest BCUT2D eigenvalue weighted by Gasteiger charge is 2.41. The number of nitrogens with zero attached hydrogens (tertiary/aromatic N) is 2. The van der Waals surface area contributed by atoms with E-state index in [1.54, 1.807) is 6.08 Å². The van der Waals surface area contributed by atoms with E-state index in [1.165, 1.54) is 12.3 Å². The zero-order chi connectivity index (χ0) is 14.0. The molecule has 0 saturated heterocycles. The molecular formula is C12H11F3N2O2. The van der Waals surface area contributed by atoms with E-state index in [1.807, 2.05) is 0 Å². The first-order valence-corrected chi connectivity index (χ1v) is 5.74. The topological polar surface area (TPSA) is 56.0 Å². The summed E-state index contributed by atoms with van der Waals surface area (Å²) in [6.45, 7) is 0. The fraction of sp³-hybridized carbons (Fsp3) is 0.417. The third-order valence-electron chi connectivity index (χ3n) is 3.18. The van der Waals surface area contributed by atoms with Crippen LogP contribution in [0, 0.1) is 16.0 Å². The normalized spacial score (nSPS) is 19.9. The van der Waals surface area contributed by atoms with Crippen LogP contribution in [0.1, 0.15) is 24.8 Å². The Bertz CT molecular complexity index is 526. The van der Waals surface area contributed by atoms with Crippen molar-refractivity contribution in [3.63, 3.8) is 0 Å². The minimum Gasteiger partial charge on any atom is -0.258 e. The van der Waals surface area contributed by atoms with E-state index in [9.17, 15) is 23.3 Å². The van der Waals surface area contributed by atoms with Crippen LogP contribution in [0.3, 0.4) is 0 Å². The van der Waals surface area contributed by atoms with E-state index < -0.39 is 17.0 Å². The minimum absolute atomic E-state index is 0.0336. The van der Waals surface area contributed by atoms with Gasteiger partial charge in [-0.05, 0) is 30.9 Å². The van der Waals surface area contributed by atoms with E-state index >= 15 is 0 Å². The van der Waals surface area contributed by atoms with Crippen molar-refractivity contribution < 1.29 is 18.1 Å². The molecule has 1 aliphatic rings. The summed E-state index contributed by atoms with van der Waals surface area (Å²) in [5.74, 6) is -1.43. The Morgan fingerprint density at radius 1 is 1.42 bits per heavy atom. The molecule has 0 N–H and O–H groups in total. The predicted molar refractivity (Wildman–Crippen MR) is 62.3 cm³/mol. The average Bonchev–Trinajstić information content (AvgIpc) is 2.38. The Morgan fingerprint density at radius 3 is 2.79 bits per heavy atom. The molecule has 102 valence electrons. The maximum atomic E-state index is 12.7. The molecule has 1 aromatic heterocycles. The van der Waals surface area contributed by atoms with Crippen LogP contribution < -0.4 is 0 Å². The van der Waals surface area contributed by atoms with Gasteiger partial charge in [-0.1, -0.05) is 6.08 Å². The number of nitro groups is 1. The quantitative estimate of drug-likeness (QED) is 0.608. The van der Waals surface area contributed by atoms with Crippen molar-refractivity contribution in [2.45, 2.75) is 25.4 Å². The second kappa shape index (κ2) is 4.99. The van der Waals surface area contributed by atoms with Gasteiger partial charge in [0, 0.05) is 6.20 Å². The summed E-state index contributed by atoms with van der Waals surface area (Å²) in [7, 11) is 0. The molecule has 0 spiro atoms. The van der Waals surface area contributed by atoms with Gasteiger partial charge in [0.05, 0.1) is 16.4 Å². The summed E-state index contributed by atoms with van der Waals surface area (Å²) in [4.78, 5) is 13.9. The van der Waals surface area contributed by atoms with Crippen LogP contribution >= 0.6 is 0 Å². The Hall–Kier alpha value is -1.92. The van der Waals surface area contributed by atoms with Crippen LogP contribution in [0.5, 0.6) is 0 Å². The van der Waals surface area contributed by atoms with Crippen molar-refractivity contribution in [1.82, 2.24) is 4.98 Å². The Morgan fingerprint density at radius 2 is 2.16 bits per heavy atom. The summed E-state index contributed by atoms with van der Waals surface area (Å²) < 4.78 is 38.1. The molecule has 0 unspecified atom stereocenters. The Kier molecular flexibility index (Phi) is 3.55. The first kappa shape index (κ1) is 13.5. The number of rotatable bonds is 2. The van der Waals surface area contributed by atoms with Gasteiger partial charge in [0.2, 0.25) is 0 Å². The summed E-state index contributed by atoms with van der Waals surface area (Å²) in [5, 5.41) is 10.9. The molecule has 1 aromatic rings. The molecule has 4 nitrogen and oxygen atoms in total. The van der Waals surface area contributed by atoms with Gasteiger partial charge in [-0.2, -0.15) is 13.2 Å². The molecule has 7 heteroatoms. The monoisotopic (exact) mass is 272 g/mol. The maximum Gasteiger partial charge on any atom is 0.392 e. The summed E-state index contributed by atoms with van der Waals surface area (Å²) in [6.07, 6.45) is -0.112. The number of aromatic nitrogens is 1. The zero-order valence-electron chi connectivity index (χ0n) is 9.85. The van der Waals surface area contributed by atoms with Gasteiger partial charge in [-0.3, -0.25) is 15.1 Å². The first-order chi connectivity index (χ1) is 8.89. The van der Waals surface area contributed by atoms with E-state index in [0.717, 1.165) is 6.20 Å². The van der Waals surface area contributed by atoms with E-state index in [-0.39, 0.29) is 30.5 Å². The Balaban J connectivity index is 2.33. The molecule has 0 saturated carbocycles. The van der Waals surface area contributed by atoms with Crippen LogP contribution in [-0.2, 0) is 0 Å². The fourth-order valence-electron chi connectivity index (χ4n) is 2.21. The van der Waals surface area contributed by atoms with Crippen molar-refractivity contribution >= 4 is 11.3 Å². The lowest BCUT2D eigenvalue weighted by molar-refractivity contribution is -0.385. The van der Waals surface area contributed by atoms with Crippen molar-refractivity contribution in [3.8, 4) is 0 Å². The average molecular weight is 272 g/mol. The zero-order valence-corrected chi connectivity index (χ0v) is 9.85. The highest BCUT2D eigenvalue weighted by atomic mass is 19.4. The molecule has 19 heavy (non-hydrogen) atoms. The standard InChI is InChI=1S/C12H11F3N2O2/c13-12(14,15)9-3-1-2-8(6-9)10-4-5-16-7-11(10)17(18)19/h2,4-5,7,9H,1,3,6H2/t9-/m1/s1. The van der Waals surface area contributed by atoms with Crippen molar-refractivity contribution in [2.24, 2.45) is 5.92 Å². The lowest BCUT2D eigenvalue weighted by Gasteiger charge is -2.24. The second-order valence-electron chi connectivity index (χ2n) is 4.40. The van der Waals surface area contributed by atoms with Gasteiger partial charge < -0.3 is 0 Å². The smallest absolute Gasteiger partial charge is 0.258 e. The molecule has 1 atom stereocenters. The summed E-state index contributed by atoms with van der Waals surface area (Å²) >= 11 is 0. The van der Waals surface area contributed by atoms with Crippen molar-refractivity contribution in [1.29, 1.82) is 0 Å². The first-order valence-electron chi connectivity index (χ1n) is 5.74. The summed E-state index contributed by atoms with van der Waals surface area (Å²) in [5.41, 5.74) is 0.355. The molecule has 0 fully saturated rings. The molecule has 0 aliphatic heterocycles. The van der Waals surface area contributed by atoms with Gasteiger partial charge in [-0.25, -0.2) is 0 Å². The number of alkyl halides is 3. The summed E-state index contributed by atoms with van der Waals surface area (Å²) in [6, 6.07) is 1.39. The van der Waals surface area contributed by atoms with Crippen LogP contribution in [0.2, 0.25) is 0 Å². The van der Waals surface area contributed by atoms with E-state index in [0.29, 0.717) is 5.57 Å². The van der Waals surface area contributed by atoms with Gasteiger partial charge in [-0.15, -0.1) is 0 Å². The van der Waals surface area contributed by atoms with Gasteiger partial charge in [0.15, 0.2) is 0 Å². The SMILES string of the molecule is O=[N+]([O-])c1cnccc1C1=CCC[C@@H](C(F)(F)F)C1. The van der Waals surface area contributed by atoms with Crippen LogP contribution in [0.15, 0.2) is 24.5 Å². The van der Waals surface area contributed by atoms with E-state index in [4.69, 9.17) is 0 Å². The predicted octanol–water partition coefficient (Wildman–Crippen LogP) is 3.74. The molecule has 0 bridgehead atoms. The van der Waals surface area contributed by atoms with Crippen LogP contribution in [0.4, 0.5) is 18.9 Å². The van der Waals surface area contributed by atoms with Crippen molar-refractivity contribution in [3.05, 3.63) is 40.2 Å². The largest absolute Gasteiger partial charge is 0.392 e. The van der Waals surface area contributed by atoms with Crippen LogP contribution in [-0.4, -0.2) is 16.1 Å². The lowest BCUT2D eigenvalue weighted by Crippen LogP contribution is -2.24. The highest BCUT2D eigenvalue weighted by Crippen LogP contribution is 2.41. The van der Waals surface area contributed by atoms with Crippen molar-refractivity contribution in [2.75, 3.05) is 0 Å². The number of hydrogen-bond donors (Lipinski definition) is 0. The molecular weight excluding hydrogens is 261 g/mol. The lowest BCUT2D eigenvalue weighted by atomic mass is 9.85. The third kappa shape index (κ3) is 2.91. The number of pyridine rings is 1. The minimum atomic E-state index is -4.26. The Labute approximate surface area is 107 Å². The fourth-order valence-corrected chi connectivity index (χ4v) is 2.21. The van der Waals surface area contributed by atoms with Gasteiger partial charge in [0.25, 0.3) is 5.69 Å². The molecule has 0 aromatic carbocycles. The third-order valence-corrected chi connectivity index (χ3v) is 3.18. The molecule has 0 amide bonds. The highest BCUT2D eigenvalue weighted by molar-refractivity contribution is 5.72. The number of halogens is 3. The number of hydrogen-bond acceptors (Lipinski definition) is 3. The van der Waals surface area contributed by atoms with Crippen LogP contribution in [0.25, 0.3) is 5.57 Å². The second-order valence-corrected chi connectivity index (χ2v) is 4.40. The maximum absolute atomic E-state index is 12.7. The molecule has 0 radical (unpaired) electrons.